The van der Waals surface area contributed by atoms with E-state index in [1.807, 2.05) is 43.3 Å². The molecule has 0 radical (unpaired) electrons. The predicted octanol–water partition coefficient (Wildman–Crippen LogP) is 4.65. The van der Waals surface area contributed by atoms with Crippen molar-refractivity contribution in [3.63, 3.8) is 0 Å². The van der Waals surface area contributed by atoms with E-state index in [2.05, 4.69) is 20.2 Å². The Bertz CT molecular complexity index is 819. The Morgan fingerprint density at radius 2 is 1.71 bits per heavy atom. The summed E-state index contributed by atoms with van der Waals surface area (Å²) in [5, 5.41) is 11.7. The van der Waals surface area contributed by atoms with Crippen LogP contribution in [0.4, 0.5) is 5.69 Å². The van der Waals surface area contributed by atoms with Crippen molar-refractivity contribution in [3.05, 3.63) is 64.5 Å². The Balaban J connectivity index is 1.97. The molecular formula is C15H11N5O. The fourth-order valence-electron chi connectivity index (χ4n) is 1.99. The number of rotatable bonds is 3. The summed E-state index contributed by atoms with van der Waals surface area (Å²) in [6, 6.07) is 15.0. The lowest BCUT2D eigenvalue weighted by Gasteiger charge is -2.00. The molecule has 0 unspecified atom stereocenters. The van der Waals surface area contributed by atoms with E-state index in [0.717, 1.165) is 16.7 Å². The number of nitrogens with zero attached hydrogens (tertiary/aromatic N) is 5. The van der Waals surface area contributed by atoms with Crippen LogP contribution < -0.4 is 0 Å². The average Bonchev–Trinajstić information content (AvgIpc) is 3.00. The molecule has 0 saturated heterocycles. The standard InChI is InChI=1S/C15H11N5O/c1-10-9-12(7-8-13(10)17-20-16)15-19-18-14(21-15)11-5-3-2-4-6-11/h2-9H,1H3. The van der Waals surface area contributed by atoms with Crippen molar-refractivity contribution < 1.29 is 4.42 Å². The van der Waals surface area contributed by atoms with Gasteiger partial charge in [-0.25, -0.2) is 0 Å². The Morgan fingerprint density at radius 3 is 2.38 bits per heavy atom. The van der Waals surface area contributed by atoms with Crippen LogP contribution in [-0.4, -0.2) is 10.2 Å². The second kappa shape index (κ2) is 5.48. The van der Waals surface area contributed by atoms with E-state index in [9.17, 15) is 0 Å². The van der Waals surface area contributed by atoms with Gasteiger partial charge in [0.2, 0.25) is 11.8 Å². The highest BCUT2D eigenvalue weighted by molar-refractivity contribution is 5.62. The normalized spacial score (nSPS) is 10.1. The summed E-state index contributed by atoms with van der Waals surface area (Å²) >= 11 is 0. The fraction of sp³-hybridized carbons (Fsp3) is 0.0667. The molecule has 0 aliphatic rings. The molecule has 0 aliphatic carbocycles. The maximum absolute atomic E-state index is 8.48. The minimum atomic E-state index is 0.435. The van der Waals surface area contributed by atoms with E-state index in [1.165, 1.54) is 0 Å². The van der Waals surface area contributed by atoms with Gasteiger partial charge in [0.25, 0.3) is 0 Å². The molecule has 3 rings (SSSR count). The first kappa shape index (κ1) is 12.9. The third kappa shape index (κ3) is 2.61. The number of hydrogen-bond donors (Lipinski definition) is 0. The second-order valence-electron chi connectivity index (χ2n) is 4.47. The van der Waals surface area contributed by atoms with Gasteiger partial charge < -0.3 is 4.42 Å². The summed E-state index contributed by atoms with van der Waals surface area (Å²) < 4.78 is 5.68. The Hall–Kier alpha value is -3.11. The van der Waals surface area contributed by atoms with E-state index in [1.54, 1.807) is 12.1 Å². The van der Waals surface area contributed by atoms with Crippen LogP contribution in [0.2, 0.25) is 0 Å². The van der Waals surface area contributed by atoms with Gasteiger partial charge in [0.05, 0.1) is 0 Å². The minimum Gasteiger partial charge on any atom is -0.416 e. The molecule has 0 N–H and O–H groups in total. The van der Waals surface area contributed by atoms with E-state index in [0.29, 0.717) is 17.5 Å². The molecule has 0 aliphatic heterocycles. The lowest BCUT2D eigenvalue weighted by Crippen LogP contribution is -1.80. The molecule has 0 amide bonds. The molecule has 0 spiro atoms. The Morgan fingerprint density at radius 1 is 1.00 bits per heavy atom. The number of benzene rings is 2. The summed E-state index contributed by atoms with van der Waals surface area (Å²) in [5.74, 6) is 0.909. The summed E-state index contributed by atoms with van der Waals surface area (Å²) in [5.41, 5.74) is 11.6. The van der Waals surface area contributed by atoms with Crippen LogP contribution >= 0.6 is 0 Å². The second-order valence-corrected chi connectivity index (χ2v) is 4.47. The van der Waals surface area contributed by atoms with Crippen molar-refractivity contribution in [3.8, 4) is 22.9 Å². The maximum atomic E-state index is 8.48. The van der Waals surface area contributed by atoms with Crippen molar-refractivity contribution in [2.45, 2.75) is 6.92 Å². The number of aryl methyl sites for hydroxylation is 1. The van der Waals surface area contributed by atoms with E-state index < -0.39 is 0 Å². The van der Waals surface area contributed by atoms with Gasteiger partial charge in [0, 0.05) is 21.7 Å². The van der Waals surface area contributed by atoms with Crippen LogP contribution in [0.3, 0.4) is 0 Å². The van der Waals surface area contributed by atoms with Gasteiger partial charge in [0.1, 0.15) is 0 Å². The average molecular weight is 277 g/mol. The molecule has 21 heavy (non-hydrogen) atoms. The number of hydrogen-bond acceptors (Lipinski definition) is 4. The van der Waals surface area contributed by atoms with Gasteiger partial charge in [-0.3, -0.25) is 0 Å². The van der Waals surface area contributed by atoms with Crippen LogP contribution in [-0.2, 0) is 0 Å². The Labute approximate surface area is 120 Å². The molecule has 2 aromatic carbocycles. The van der Waals surface area contributed by atoms with Crippen molar-refractivity contribution in [1.82, 2.24) is 10.2 Å². The fourth-order valence-corrected chi connectivity index (χ4v) is 1.99. The van der Waals surface area contributed by atoms with Gasteiger partial charge in [0.15, 0.2) is 0 Å². The minimum absolute atomic E-state index is 0.435. The van der Waals surface area contributed by atoms with E-state index in [-0.39, 0.29) is 0 Å². The first-order valence-corrected chi connectivity index (χ1v) is 6.33. The first-order valence-electron chi connectivity index (χ1n) is 6.33. The van der Waals surface area contributed by atoms with Crippen molar-refractivity contribution in [2.24, 2.45) is 5.11 Å². The lowest BCUT2D eigenvalue weighted by molar-refractivity contribution is 0.584. The molecule has 0 saturated carbocycles. The zero-order chi connectivity index (χ0) is 14.7. The van der Waals surface area contributed by atoms with Gasteiger partial charge in [-0.05, 0) is 42.3 Å². The third-order valence-electron chi connectivity index (χ3n) is 3.04. The van der Waals surface area contributed by atoms with E-state index >= 15 is 0 Å². The highest BCUT2D eigenvalue weighted by Gasteiger charge is 2.10. The molecule has 6 heteroatoms. The molecule has 0 fully saturated rings. The van der Waals surface area contributed by atoms with Gasteiger partial charge in [-0.15, -0.1) is 10.2 Å². The molecule has 1 aromatic heterocycles. The van der Waals surface area contributed by atoms with E-state index in [4.69, 9.17) is 9.95 Å². The highest BCUT2D eigenvalue weighted by atomic mass is 16.4. The third-order valence-corrected chi connectivity index (χ3v) is 3.04. The van der Waals surface area contributed by atoms with Crippen LogP contribution in [0.1, 0.15) is 5.56 Å². The molecular weight excluding hydrogens is 266 g/mol. The summed E-state index contributed by atoms with van der Waals surface area (Å²) in [6.07, 6.45) is 0. The van der Waals surface area contributed by atoms with Gasteiger partial charge in [-0.1, -0.05) is 29.4 Å². The zero-order valence-corrected chi connectivity index (χ0v) is 11.3. The first-order chi connectivity index (χ1) is 10.3. The smallest absolute Gasteiger partial charge is 0.248 e. The molecule has 6 nitrogen and oxygen atoms in total. The van der Waals surface area contributed by atoms with Gasteiger partial charge >= 0.3 is 0 Å². The molecule has 3 aromatic rings. The highest BCUT2D eigenvalue weighted by Crippen LogP contribution is 2.27. The van der Waals surface area contributed by atoms with Gasteiger partial charge in [-0.2, -0.15) is 0 Å². The molecule has 1 heterocycles. The summed E-state index contributed by atoms with van der Waals surface area (Å²) in [6.45, 7) is 1.86. The van der Waals surface area contributed by atoms with Crippen LogP contribution in [0.5, 0.6) is 0 Å². The monoisotopic (exact) mass is 277 g/mol. The summed E-state index contributed by atoms with van der Waals surface area (Å²) in [4.78, 5) is 2.79. The van der Waals surface area contributed by atoms with Crippen LogP contribution in [0.15, 0.2) is 58.1 Å². The predicted molar refractivity (Wildman–Crippen MR) is 78.7 cm³/mol. The largest absolute Gasteiger partial charge is 0.416 e. The quantitative estimate of drug-likeness (QED) is 0.396. The van der Waals surface area contributed by atoms with Crippen molar-refractivity contribution in [2.75, 3.05) is 0 Å². The number of aromatic nitrogens is 2. The summed E-state index contributed by atoms with van der Waals surface area (Å²) in [7, 11) is 0. The van der Waals surface area contributed by atoms with Crippen LogP contribution in [0, 0.1) is 6.92 Å². The SMILES string of the molecule is Cc1cc(-c2nnc(-c3ccccc3)o2)ccc1N=[N+]=[N-]. The molecule has 102 valence electrons. The van der Waals surface area contributed by atoms with Crippen molar-refractivity contribution in [1.29, 1.82) is 0 Å². The molecule has 0 bridgehead atoms. The topological polar surface area (TPSA) is 87.7 Å². The lowest BCUT2D eigenvalue weighted by atomic mass is 10.1. The van der Waals surface area contributed by atoms with Crippen LogP contribution in [0.25, 0.3) is 33.4 Å². The van der Waals surface area contributed by atoms with Crippen molar-refractivity contribution >= 4 is 5.69 Å². The molecule has 0 atom stereocenters. The Kier molecular flexibility index (Phi) is 3.37. The maximum Gasteiger partial charge on any atom is 0.248 e. The number of azide groups is 1. The zero-order valence-electron chi connectivity index (χ0n) is 11.3.